The molecule has 1 fully saturated rings. The Morgan fingerprint density at radius 1 is 1.24 bits per heavy atom. The molecule has 1 aromatic carbocycles. The van der Waals surface area contributed by atoms with Crippen molar-refractivity contribution in [3.8, 4) is 0 Å². The second kappa shape index (κ2) is 7.05. The molecule has 1 aromatic rings. The molecule has 0 saturated carbocycles. The number of carbonyl (C=O) groups excluding carboxylic acids is 1. The van der Waals surface area contributed by atoms with Gasteiger partial charge >= 0.3 is 0 Å². The summed E-state index contributed by atoms with van der Waals surface area (Å²) in [6.45, 7) is 4.56. The minimum atomic E-state index is 0.165. The Labute approximate surface area is 126 Å². The van der Waals surface area contributed by atoms with Crippen molar-refractivity contribution in [2.75, 3.05) is 32.7 Å². The highest BCUT2D eigenvalue weighted by Gasteiger charge is 2.22. The molecule has 4 heteroatoms. The summed E-state index contributed by atoms with van der Waals surface area (Å²) in [7, 11) is 0. The summed E-state index contributed by atoms with van der Waals surface area (Å²) in [5, 5.41) is 6.61. The van der Waals surface area contributed by atoms with Crippen molar-refractivity contribution in [3.05, 3.63) is 35.4 Å². The van der Waals surface area contributed by atoms with Gasteiger partial charge in [-0.25, -0.2) is 0 Å². The highest BCUT2D eigenvalue weighted by atomic mass is 16.2. The van der Waals surface area contributed by atoms with Crippen molar-refractivity contribution in [1.82, 2.24) is 15.5 Å². The van der Waals surface area contributed by atoms with E-state index in [1.54, 1.807) is 0 Å². The first-order valence-electron chi connectivity index (χ1n) is 8.13. The molecular weight excluding hydrogens is 262 g/mol. The molecule has 2 N–H and O–H groups in total. The third kappa shape index (κ3) is 3.83. The summed E-state index contributed by atoms with van der Waals surface area (Å²) in [6.07, 6.45) is 4.49. The lowest BCUT2D eigenvalue weighted by Crippen LogP contribution is -2.41. The number of nitrogens with one attached hydrogen (secondary N) is 2. The van der Waals surface area contributed by atoms with Crippen LogP contribution in [-0.2, 0) is 11.2 Å². The van der Waals surface area contributed by atoms with Crippen LogP contribution < -0.4 is 10.6 Å². The van der Waals surface area contributed by atoms with Gasteiger partial charge in [0.25, 0.3) is 0 Å². The van der Waals surface area contributed by atoms with E-state index in [9.17, 15) is 4.79 Å². The maximum Gasteiger partial charge on any atom is 0.234 e. The van der Waals surface area contributed by atoms with Gasteiger partial charge in [-0.2, -0.15) is 0 Å². The average molecular weight is 287 g/mol. The number of hydrogen-bond donors (Lipinski definition) is 2. The lowest BCUT2D eigenvalue weighted by Gasteiger charge is -2.27. The van der Waals surface area contributed by atoms with Gasteiger partial charge < -0.3 is 10.6 Å². The van der Waals surface area contributed by atoms with Crippen LogP contribution in [0.3, 0.4) is 0 Å². The van der Waals surface area contributed by atoms with Crippen LogP contribution in [0.4, 0.5) is 0 Å². The largest absolute Gasteiger partial charge is 0.348 e. The smallest absolute Gasteiger partial charge is 0.234 e. The maximum atomic E-state index is 12.3. The summed E-state index contributed by atoms with van der Waals surface area (Å²) in [5.41, 5.74) is 2.71. The van der Waals surface area contributed by atoms with Crippen LogP contribution in [0.25, 0.3) is 0 Å². The SMILES string of the molecule is O=C(CN1CCCNCC1)NC1CCCc2ccccc21. The van der Waals surface area contributed by atoms with Crippen molar-refractivity contribution in [3.63, 3.8) is 0 Å². The third-order valence-electron chi connectivity index (χ3n) is 4.50. The molecule has 1 saturated heterocycles. The van der Waals surface area contributed by atoms with Crippen molar-refractivity contribution < 1.29 is 4.79 Å². The van der Waals surface area contributed by atoms with Crippen molar-refractivity contribution in [1.29, 1.82) is 0 Å². The molecule has 0 bridgehead atoms. The van der Waals surface area contributed by atoms with E-state index in [-0.39, 0.29) is 11.9 Å². The lowest BCUT2D eigenvalue weighted by molar-refractivity contribution is -0.123. The summed E-state index contributed by atoms with van der Waals surface area (Å²) < 4.78 is 0. The molecule has 3 rings (SSSR count). The summed E-state index contributed by atoms with van der Waals surface area (Å²) in [6, 6.07) is 8.72. The van der Waals surface area contributed by atoms with Gasteiger partial charge in [0.05, 0.1) is 12.6 Å². The molecule has 1 atom stereocenters. The molecule has 4 nitrogen and oxygen atoms in total. The molecule has 1 aliphatic heterocycles. The first-order valence-corrected chi connectivity index (χ1v) is 8.13. The Morgan fingerprint density at radius 2 is 2.14 bits per heavy atom. The number of fused-ring (bicyclic) bond motifs is 1. The second-order valence-electron chi connectivity index (χ2n) is 6.09. The first kappa shape index (κ1) is 14.5. The minimum absolute atomic E-state index is 0.165. The molecule has 1 aliphatic carbocycles. The molecular formula is C17H25N3O. The number of rotatable bonds is 3. The molecule has 0 aromatic heterocycles. The highest BCUT2D eigenvalue weighted by molar-refractivity contribution is 5.78. The Morgan fingerprint density at radius 3 is 3.10 bits per heavy atom. The molecule has 0 spiro atoms. The Balaban J connectivity index is 1.58. The Hall–Kier alpha value is -1.39. The van der Waals surface area contributed by atoms with E-state index in [0.29, 0.717) is 6.54 Å². The monoisotopic (exact) mass is 287 g/mol. The lowest BCUT2D eigenvalue weighted by atomic mass is 9.88. The van der Waals surface area contributed by atoms with Gasteiger partial charge in [0.2, 0.25) is 5.91 Å². The van der Waals surface area contributed by atoms with Crippen LogP contribution in [0.5, 0.6) is 0 Å². The number of benzene rings is 1. The molecule has 1 unspecified atom stereocenters. The van der Waals surface area contributed by atoms with Gasteiger partial charge in [-0.15, -0.1) is 0 Å². The fourth-order valence-corrected chi connectivity index (χ4v) is 3.41. The predicted molar refractivity (Wildman–Crippen MR) is 84.2 cm³/mol. The summed E-state index contributed by atoms with van der Waals surface area (Å²) in [5.74, 6) is 0.165. The van der Waals surface area contributed by atoms with Crippen molar-refractivity contribution in [2.24, 2.45) is 0 Å². The average Bonchev–Trinajstić information content (AvgIpc) is 2.76. The van der Waals surface area contributed by atoms with Gasteiger partial charge in [0.15, 0.2) is 0 Å². The molecule has 1 heterocycles. The van der Waals surface area contributed by atoms with Gasteiger partial charge in [-0.05, 0) is 49.9 Å². The Kier molecular flexibility index (Phi) is 4.88. The number of hydrogen-bond acceptors (Lipinski definition) is 3. The first-order chi connectivity index (χ1) is 10.3. The second-order valence-corrected chi connectivity index (χ2v) is 6.09. The van der Waals surface area contributed by atoms with Crippen molar-refractivity contribution in [2.45, 2.75) is 31.7 Å². The molecule has 21 heavy (non-hydrogen) atoms. The summed E-state index contributed by atoms with van der Waals surface area (Å²) in [4.78, 5) is 14.6. The van der Waals surface area contributed by atoms with E-state index in [1.165, 1.54) is 11.1 Å². The van der Waals surface area contributed by atoms with E-state index in [4.69, 9.17) is 0 Å². The predicted octanol–water partition coefficient (Wildman–Crippen LogP) is 1.48. The zero-order chi connectivity index (χ0) is 14.5. The molecule has 2 aliphatic rings. The zero-order valence-electron chi connectivity index (χ0n) is 12.6. The number of carbonyl (C=O) groups is 1. The fraction of sp³-hybridized carbons (Fsp3) is 0.588. The standard InChI is InChI=1S/C17H25N3O/c21-17(13-20-11-4-9-18-10-12-20)19-16-8-3-6-14-5-1-2-7-15(14)16/h1-2,5,7,16,18H,3-4,6,8-13H2,(H,19,21). The zero-order valence-corrected chi connectivity index (χ0v) is 12.6. The topological polar surface area (TPSA) is 44.4 Å². The normalized spacial score (nSPS) is 23.1. The van der Waals surface area contributed by atoms with Crippen molar-refractivity contribution >= 4 is 5.91 Å². The highest BCUT2D eigenvalue weighted by Crippen LogP contribution is 2.29. The van der Waals surface area contributed by atoms with E-state index < -0.39 is 0 Å². The molecule has 114 valence electrons. The van der Waals surface area contributed by atoms with Crippen LogP contribution in [0.15, 0.2) is 24.3 Å². The fourth-order valence-electron chi connectivity index (χ4n) is 3.41. The van der Waals surface area contributed by atoms with E-state index >= 15 is 0 Å². The van der Waals surface area contributed by atoms with Gasteiger partial charge in [-0.3, -0.25) is 9.69 Å². The van der Waals surface area contributed by atoms with Gasteiger partial charge in [-0.1, -0.05) is 24.3 Å². The molecule has 0 radical (unpaired) electrons. The van der Waals surface area contributed by atoms with Crippen LogP contribution in [-0.4, -0.2) is 43.5 Å². The minimum Gasteiger partial charge on any atom is -0.348 e. The summed E-state index contributed by atoms with van der Waals surface area (Å²) >= 11 is 0. The third-order valence-corrected chi connectivity index (χ3v) is 4.50. The van der Waals surface area contributed by atoms with E-state index in [1.807, 2.05) is 0 Å². The van der Waals surface area contributed by atoms with E-state index in [0.717, 1.165) is 51.9 Å². The van der Waals surface area contributed by atoms with Crippen LogP contribution in [0, 0.1) is 0 Å². The van der Waals surface area contributed by atoms with Crippen LogP contribution in [0.1, 0.15) is 36.4 Å². The quantitative estimate of drug-likeness (QED) is 0.885. The number of nitrogens with zero attached hydrogens (tertiary/aromatic N) is 1. The van der Waals surface area contributed by atoms with Crippen LogP contribution in [0.2, 0.25) is 0 Å². The Bertz CT molecular complexity index is 481. The van der Waals surface area contributed by atoms with Crippen LogP contribution >= 0.6 is 0 Å². The van der Waals surface area contributed by atoms with E-state index in [2.05, 4.69) is 39.8 Å². The van der Waals surface area contributed by atoms with Gasteiger partial charge in [0, 0.05) is 13.1 Å². The number of aryl methyl sites for hydroxylation is 1. The van der Waals surface area contributed by atoms with Gasteiger partial charge in [0.1, 0.15) is 0 Å². The maximum absolute atomic E-state index is 12.3. The molecule has 1 amide bonds. The number of amides is 1.